The number of hydrogen-bond donors (Lipinski definition) is 3. The molecule has 4 atom stereocenters. The highest BCUT2D eigenvalue weighted by Gasteiger charge is 2.42. The van der Waals surface area contributed by atoms with Gasteiger partial charge in [0.15, 0.2) is 0 Å². The van der Waals surface area contributed by atoms with Crippen LogP contribution in [0, 0.1) is 5.92 Å². The standard InChI is InChI=1S/C19H20O4/c20-12-3-1-11(2-4-12)19-15-7-5-13(21)9-16(15)17-10-14(22)6-8-18(17)23-19/h1-4,6,8,10,13,15-16,19-22H,5,7,9H2/t13-,15+,16-,19+/m0/s1. The lowest BCUT2D eigenvalue weighted by Crippen LogP contribution is -2.36. The average Bonchev–Trinajstić information content (AvgIpc) is 2.55. The molecule has 0 aromatic heterocycles. The van der Waals surface area contributed by atoms with E-state index in [2.05, 4.69) is 0 Å². The summed E-state index contributed by atoms with van der Waals surface area (Å²) in [5.41, 5.74) is 2.02. The molecule has 0 saturated heterocycles. The number of phenols is 2. The second-order valence-corrected chi connectivity index (χ2v) is 6.59. The van der Waals surface area contributed by atoms with Crippen molar-refractivity contribution in [3.05, 3.63) is 53.6 Å². The lowest BCUT2D eigenvalue weighted by Gasteiger charge is -2.44. The van der Waals surface area contributed by atoms with Gasteiger partial charge in [-0.3, -0.25) is 0 Å². The summed E-state index contributed by atoms with van der Waals surface area (Å²) in [6.07, 6.45) is 1.95. The molecule has 0 spiro atoms. The molecule has 2 aliphatic rings. The zero-order valence-corrected chi connectivity index (χ0v) is 12.7. The highest BCUT2D eigenvalue weighted by molar-refractivity contribution is 5.45. The van der Waals surface area contributed by atoms with Gasteiger partial charge < -0.3 is 20.1 Å². The Kier molecular flexibility index (Phi) is 3.42. The number of hydrogen-bond acceptors (Lipinski definition) is 4. The monoisotopic (exact) mass is 312 g/mol. The Morgan fingerprint density at radius 1 is 0.913 bits per heavy atom. The summed E-state index contributed by atoms with van der Waals surface area (Å²) < 4.78 is 6.24. The van der Waals surface area contributed by atoms with Gasteiger partial charge in [-0.2, -0.15) is 0 Å². The minimum Gasteiger partial charge on any atom is -0.508 e. The summed E-state index contributed by atoms with van der Waals surface area (Å²) in [5, 5.41) is 29.4. The van der Waals surface area contributed by atoms with Gasteiger partial charge in [0.2, 0.25) is 0 Å². The maximum atomic E-state index is 10.1. The summed E-state index contributed by atoms with van der Waals surface area (Å²) in [6, 6.07) is 12.3. The van der Waals surface area contributed by atoms with Crippen molar-refractivity contribution in [2.45, 2.75) is 37.4 Å². The topological polar surface area (TPSA) is 69.9 Å². The Morgan fingerprint density at radius 2 is 1.65 bits per heavy atom. The first-order valence-electron chi connectivity index (χ1n) is 8.08. The van der Waals surface area contributed by atoms with Crippen LogP contribution in [-0.2, 0) is 0 Å². The molecule has 0 bridgehead atoms. The van der Waals surface area contributed by atoms with Gasteiger partial charge in [0.05, 0.1) is 6.10 Å². The maximum Gasteiger partial charge on any atom is 0.127 e. The van der Waals surface area contributed by atoms with E-state index in [1.54, 1.807) is 30.3 Å². The van der Waals surface area contributed by atoms with Crippen molar-refractivity contribution in [3.8, 4) is 17.2 Å². The molecule has 1 saturated carbocycles. The Labute approximate surface area is 135 Å². The normalized spacial score (nSPS) is 29.3. The molecular weight excluding hydrogens is 292 g/mol. The summed E-state index contributed by atoms with van der Waals surface area (Å²) in [5.74, 6) is 1.68. The summed E-state index contributed by atoms with van der Waals surface area (Å²) in [7, 11) is 0. The number of aliphatic hydroxyl groups is 1. The molecule has 1 fully saturated rings. The van der Waals surface area contributed by atoms with Crippen LogP contribution in [0.1, 0.15) is 42.4 Å². The van der Waals surface area contributed by atoms with Gasteiger partial charge in [-0.05, 0) is 61.1 Å². The number of aromatic hydroxyl groups is 2. The molecule has 4 nitrogen and oxygen atoms in total. The van der Waals surface area contributed by atoms with Crippen molar-refractivity contribution in [2.75, 3.05) is 0 Å². The second-order valence-electron chi connectivity index (χ2n) is 6.59. The number of fused-ring (bicyclic) bond motifs is 3. The van der Waals surface area contributed by atoms with Crippen LogP contribution in [0.15, 0.2) is 42.5 Å². The minimum absolute atomic E-state index is 0.0925. The van der Waals surface area contributed by atoms with E-state index < -0.39 is 0 Å². The first-order chi connectivity index (χ1) is 11.1. The predicted octanol–water partition coefficient (Wildman–Crippen LogP) is 3.48. The summed E-state index contributed by atoms with van der Waals surface area (Å²) in [4.78, 5) is 0. The Balaban J connectivity index is 1.77. The van der Waals surface area contributed by atoms with Crippen LogP contribution < -0.4 is 4.74 Å². The Hall–Kier alpha value is -2.20. The van der Waals surface area contributed by atoms with Crippen molar-refractivity contribution >= 4 is 0 Å². The van der Waals surface area contributed by atoms with Gasteiger partial charge in [0.25, 0.3) is 0 Å². The van der Waals surface area contributed by atoms with Gasteiger partial charge in [0, 0.05) is 11.5 Å². The summed E-state index contributed by atoms with van der Waals surface area (Å²) >= 11 is 0. The van der Waals surface area contributed by atoms with E-state index in [1.165, 1.54) is 0 Å². The number of rotatable bonds is 1. The highest BCUT2D eigenvalue weighted by atomic mass is 16.5. The molecule has 1 aliphatic carbocycles. The van der Waals surface area contributed by atoms with Crippen molar-refractivity contribution < 1.29 is 20.1 Å². The third-order valence-electron chi connectivity index (χ3n) is 5.13. The zero-order chi connectivity index (χ0) is 16.0. The maximum absolute atomic E-state index is 10.1. The molecule has 120 valence electrons. The highest BCUT2D eigenvalue weighted by Crippen LogP contribution is 2.53. The molecule has 1 heterocycles. The molecule has 2 aromatic carbocycles. The molecule has 1 aliphatic heterocycles. The fourth-order valence-electron chi connectivity index (χ4n) is 4.03. The molecule has 2 aromatic rings. The number of ether oxygens (including phenoxy) is 1. The van der Waals surface area contributed by atoms with E-state index in [0.717, 1.165) is 29.7 Å². The second kappa shape index (κ2) is 5.46. The quantitative estimate of drug-likeness (QED) is 0.754. The largest absolute Gasteiger partial charge is 0.508 e. The average molecular weight is 312 g/mol. The van der Waals surface area contributed by atoms with E-state index in [9.17, 15) is 15.3 Å². The van der Waals surface area contributed by atoms with Crippen LogP contribution in [-0.4, -0.2) is 21.4 Å². The molecule has 3 N–H and O–H groups in total. The lowest BCUT2D eigenvalue weighted by molar-refractivity contribution is 0.0206. The Bertz CT molecular complexity index is 710. The van der Waals surface area contributed by atoms with Crippen LogP contribution in [0.5, 0.6) is 17.2 Å². The SMILES string of the molecule is Oc1ccc([C@H]2Oc3ccc(O)cc3[C@H]3C[C@@H](O)CC[C@H]32)cc1. The van der Waals surface area contributed by atoms with Crippen molar-refractivity contribution in [1.29, 1.82) is 0 Å². The van der Waals surface area contributed by atoms with E-state index >= 15 is 0 Å². The van der Waals surface area contributed by atoms with E-state index in [1.807, 2.05) is 12.1 Å². The lowest BCUT2D eigenvalue weighted by atomic mass is 9.69. The third-order valence-corrected chi connectivity index (χ3v) is 5.13. The van der Waals surface area contributed by atoms with Gasteiger partial charge in [0.1, 0.15) is 23.4 Å². The first kappa shape index (κ1) is 14.4. The van der Waals surface area contributed by atoms with Crippen molar-refractivity contribution in [1.82, 2.24) is 0 Å². The van der Waals surface area contributed by atoms with Crippen LogP contribution in [0.3, 0.4) is 0 Å². The van der Waals surface area contributed by atoms with Crippen molar-refractivity contribution in [2.24, 2.45) is 5.92 Å². The smallest absolute Gasteiger partial charge is 0.127 e. The Morgan fingerprint density at radius 3 is 2.43 bits per heavy atom. The zero-order valence-electron chi connectivity index (χ0n) is 12.7. The molecule has 0 radical (unpaired) electrons. The first-order valence-corrected chi connectivity index (χ1v) is 8.08. The fraction of sp³-hybridized carbons (Fsp3) is 0.368. The van der Waals surface area contributed by atoms with Crippen LogP contribution in [0.25, 0.3) is 0 Å². The molecule has 4 heteroatoms. The molecule has 23 heavy (non-hydrogen) atoms. The molecule has 0 unspecified atom stereocenters. The van der Waals surface area contributed by atoms with E-state index in [-0.39, 0.29) is 35.5 Å². The van der Waals surface area contributed by atoms with E-state index in [4.69, 9.17) is 4.74 Å². The molecule has 4 rings (SSSR count). The predicted molar refractivity (Wildman–Crippen MR) is 85.7 cm³/mol. The van der Waals surface area contributed by atoms with Crippen molar-refractivity contribution in [3.63, 3.8) is 0 Å². The van der Waals surface area contributed by atoms with Crippen LogP contribution >= 0.6 is 0 Å². The third kappa shape index (κ3) is 2.53. The molecule has 0 amide bonds. The summed E-state index contributed by atoms with van der Waals surface area (Å²) in [6.45, 7) is 0. The van der Waals surface area contributed by atoms with Crippen LogP contribution in [0.4, 0.5) is 0 Å². The fourth-order valence-corrected chi connectivity index (χ4v) is 4.03. The molecular formula is C19H20O4. The van der Waals surface area contributed by atoms with Crippen LogP contribution in [0.2, 0.25) is 0 Å². The van der Waals surface area contributed by atoms with Gasteiger partial charge in [-0.1, -0.05) is 12.1 Å². The van der Waals surface area contributed by atoms with Gasteiger partial charge in [-0.15, -0.1) is 0 Å². The number of phenolic OH excluding ortho intramolecular Hbond substituents is 2. The van der Waals surface area contributed by atoms with E-state index in [0.29, 0.717) is 6.42 Å². The van der Waals surface area contributed by atoms with Gasteiger partial charge >= 0.3 is 0 Å². The number of aliphatic hydroxyl groups excluding tert-OH is 1. The number of benzene rings is 2. The minimum atomic E-state index is -0.301. The van der Waals surface area contributed by atoms with Gasteiger partial charge in [-0.25, -0.2) is 0 Å².